The highest BCUT2D eigenvalue weighted by Crippen LogP contribution is 2.28. The van der Waals surface area contributed by atoms with Crippen molar-refractivity contribution in [1.82, 2.24) is 4.72 Å². The van der Waals surface area contributed by atoms with Gasteiger partial charge in [-0.25, -0.2) is 13.1 Å². The molecule has 2 aromatic rings. The first-order valence-corrected chi connectivity index (χ1v) is 12.6. The van der Waals surface area contributed by atoms with Crippen LogP contribution < -0.4 is 14.9 Å². The second kappa shape index (κ2) is 9.42. The summed E-state index contributed by atoms with van der Waals surface area (Å²) in [5.74, 6) is -0.779. The molecule has 0 aromatic heterocycles. The van der Waals surface area contributed by atoms with Crippen molar-refractivity contribution in [3.63, 3.8) is 0 Å². The number of benzene rings is 2. The molecule has 7 nitrogen and oxygen atoms in total. The SMILES string of the molecule is Cc1ccccc1N1C[C@@H](C(=O)Nc2ccc(S(=O)(=O)NC3CCCCC3)cc2)CC1=O. The summed E-state index contributed by atoms with van der Waals surface area (Å²) in [6.07, 6.45) is 5.13. The topological polar surface area (TPSA) is 95.6 Å². The van der Waals surface area contributed by atoms with Crippen molar-refractivity contribution >= 4 is 33.2 Å². The minimum Gasteiger partial charge on any atom is -0.326 e. The number of hydrogen-bond donors (Lipinski definition) is 2. The van der Waals surface area contributed by atoms with E-state index in [-0.39, 0.29) is 29.2 Å². The molecule has 0 bridgehead atoms. The van der Waals surface area contributed by atoms with Crippen LogP contribution in [0.15, 0.2) is 53.4 Å². The van der Waals surface area contributed by atoms with E-state index in [1.54, 1.807) is 17.0 Å². The zero-order valence-corrected chi connectivity index (χ0v) is 19.0. The number of aryl methyl sites for hydroxylation is 1. The van der Waals surface area contributed by atoms with Gasteiger partial charge in [-0.1, -0.05) is 37.5 Å². The van der Waals surface area contributed by atoms with E-state index in [0.717, 1.165) is 43.4 Å². The van der Waals surface area contributed by atoms with Crippen LogP contribution in [0.2, 0.25) is 0 Å². The molecule has 2 fully saturated rings. The minimum absolute atomic E-state index is 0.00997. The Bertz CT molecular complexity index is 1090. The molecule has 1 aliphatic carbocycles. The smallest absolute Gasteiger partial charge is 0.240 e. The molecule has 170 valence electrons. The Hall–Kier alpha value is -2.71. The first kappa shape index (κ1) is 22.5. The van der Waals surface area contributed by atoms with Crippen LogP contribution in [0.4, 0.5) is 11.4 Å². The molecule has 1 aliphatic heterocycles. The Morgan fingerprint density at radius 3 is 2.38 bits per heavy atom. The molecule has 1 heterocycles. The molecule has 0 spiro atoms. The maximum atomic E-state index is 12.7. The molecule has 0 unspecified atom stereocenters. The number of sulfonamides is 1. The third kappa shape index (κ3) is 5.02. The number of nitrogens with one attached hydrogen (secondary N) is 2. The molecule has 0 radical (unpaired) electrons. The Morgan fingerprint density at radius 1 is 1.00 bits per heavy atom. The van der Waals surface area contributed by atoms with Gasteiger partial charge in [0, 0.05) is 30.4 Å². The van der Waals surface area contributed by atoms with Crippen molar-refractivity contribution in [3.05, 3.63) is 54.1 Å². The van der Waals surface area contributed by atoms with Crippen molar-refractivity contribution in [1.29, 1.82) is 0 Å². The summed E-state index contributed by atoms with van der Waals surface area (Å²) in [6.45, 7) is 2.27. The zero-order chi connectivity index (χ0) is 22.7. The van der Waals surface area contributed by atoms with Crippen LogP contribution in [0.1, 0.15) is 44.1 Å². The van der Waals surface area contributed by atoms with Crippen molar-refractivity contribution in [2.24, 2.45) is 5.92 Å². The van der Waals surface area contributed by atoms with Gasteiger partial charge in [0.2, 0.25) is 21.8 Å². The van der Waals surface area contributed by atoms with Gasteiger partial charge < -0.3 is 10.2 Å². The van der Waals surface area contributed by atoms with E-state index in [4.69, 9.17) is 0 Å². The maximum Gasteiger partial charge on any atom is 0.240 e. The summed E-state index contributed by atoms with van der Waals surface area (Å²) >= 11 is 0. The number of anilines is 2. The molecule has 2 N–H and O–H groups in total. The summed E-state index contributed by atoms with van der Waals surface area (Å²) in [6, 6.07) is 13.8. The minimum atomic E-state index is -3.58. The van der Waals surface area contributed by atoms with Gasteiger partial charge in [-0.2, -0.15) is 0 Å². The predicted octanol–water partition coefficient (Wildman–Crippen LogP) is 3.60. The molecule has 8 heteroatoms. The van der Waals surface area contributed by atoms with E-state index >= 15 is 0 Å². The number of carbonyl (C=O) groups excluding carboxylic acids is 2. The maximum absolute atomic E-state index is 12.7. The van der Waals surface area contributed by atoms with Gasteiger partial charge in [-0.15, -0.1) is 0 Å². The third-order valence-electron chi connectivity index (χ3n) is 6.26. The normalized spacial score (nSPS) is 19.8. The van der Waals surface area contributed by atoms with Crippen LogP contribution >= 0.6 is 0 Å². The first-order valence-electron chi connectivity index (χ1n) is 11.1. The average molecular weight is 456 g/mol. The van der Waals surface area contributed by atoms with Gasteiger partial charge in [-0.3, -0.25) is 9.59 Å². The van der Waals surface area contributed by atoms with E-state index in [0.29, 0.717) is 12.2 Å². The van der Waals surface area contributed by atoms with E-state index in [2.05, 4.69) is 10.0 Å². The van der Waals surface area contributed by atoms with Gasteiger partial charge in [0.25, 0.3) is 0 Å². The second-order valence-corrected chi connectivity index (χ2v) is 10.4. The van der Waals surface area contributed by atoms with Gasteiger partial charge in [0.1, 0.15) is 0 Å². The molecular weight excluding hydrogens is 426 g/mol. The Labute approximate surface area is 189 Å². The lowest BCUT2D eigenvalue weighted by atomic mass is 9.96. The lowest BCUT2D eigenvalue weighted by molar-refractivity contribution is -0.122. The van der Waals surface area contributed by atoms with Crippen molar-refractivity contribution < 1.29 is 18.0 Å². The summed E-state index contributed by atoms with van der Waals surface area (Å²) < 4.78 is 28.1. The van der Waals surface area contributed by atoms with Gasteiger partial charge in [-0.05, 0) is 55.7 Å². The molecule has 1 saturated heterocycles. The standard InChI is InChI=1S/C24H29N3O4S/c1-17-7-5-6-10-22(17)27-16-18(15-23(27)28)24(29)25-19-11-13-21(14-12-19)32(30,31)26-20-8-3-2-4-9-20/h5-7,10-14,18,20,26H,2-4,8-9,15-16H2,1H3,(H,25,29)/t18-/m0/s1. The van der Waals surface area contributed by atoms with Crippen LogP contribution in [-0.4, -0.2) is 32.8 Å². The fourth-order valence-electron chi connectivity index (χ4n) is 4.45. The van der Waals surface area contributed by atoms with Crippen LogP contribution in [-0.2, 0) is 19.6 Å². The lowest BCUT2D eigenvalue weighted by Crippen LogP contribution is -2.36. The summed E-state index contributed by atoms with van der Waals surface area (Å²) in [5, 5.41) is 2.82. The Balaban J connectivity index is 1.38. The lowest BCUT2D eigenvalue weighted by Gasteiger charge is -2.22. The highest BCUT2D eigenvalue weighted by Gasteiger charge is 2.35. The highest BCUT2D eigenvalue weighted by molar-refractivity contribution is 7.89. The molecule has 2 aromatic carbocycles. The number of rotatable bonds is 6. The number of hydrogen-bond acceptors (Lipinski definition) is 4. The molecular formula is C24H29N3O4S. The van der Waals surface area contributed by atoms with Crippen LogP contribution in [0.5, 0.6) is 0 Å². The quantitative estimate of drug-likeness (QED) is 0.696. The number of para-hydroxylation sites is 1. The van der Waals surface area contributed by atoms with Crippen LogP contribution in [0.3, 0.4) is 0 Å². The largest absolute Gasteiger partial charge is 0.326 e. The van der Waals surface area contributed by atoms with E-state index in [9.17, 15) is 18.0 Å². The number of nitrogens with zero attached hydrogens (tertiary/aromatic N) is 1. The third-order valence-corrected chi connectivity index (χ3v) is 7.80. The fraction of sp³-hybridized carbons (Fsp3) is 0.417. The van der Waals surface area contributed by atoms with E-state index in [1.165, 1.54) is 12.1 Å². The van der Waals surface area contributed by atoms with Crippen molar-refractivity contribution in [2.45, 2.75) is 56.4 Å². The molecule has 32 heavy (non-hydrogen) atoms. The fourth-order valence-corrected chi connectivity index (χ4v) is 5.76. The molecule has 2 aliphatic rings. The van der Waals surface area contributed by atoms with Gasteiger partial charge in [0.15, 0.2) is 0 Å². The summed E-state index contributed by atoms with van der Waals surface area (Å²) in [7, 11) is -3.58. The van der Waals surface area contributed by atoms with Crippen LogP contribution in [0.25, 0.3) is 0 Å². The predicted molar refractivity (Wildman–Crippen MR) is 124 cm³/mol. The van der Waals surface area contributed by atoms with E-state index in [1.807, 2.05) is 31.2 Å². The van der Waals surface area contributed by atoms with Crippen LogP contribution in [0, 0.1) is 12.8 Å². The monoisotopic (exact) mass is 455 g/mol. The Kier molecular flexibility index (Phi) is 6.62. The van der Waals surface area contributed by atoms with E-state index < -0.39 is 15.9 Å². The molecule has 4 rings (SSSR count). The summed E-state index contributed by atoms with van der Waals surface area (Å²) in [5.41, 5.74) is 2.32. The molecule has 1 atom stereocenters. The molecule has 1 saturated carbocycles. The average Bonchev–Trinajstić information content (AvgIpc) is 3.16. The van der Waals surface area contributed by atoms with Crippen molar-refractivity contribution in [3.8, 4) is 0 Å². The first-order chi connectivity index (χ1) is 15.3. The molecule has 2 amide bonds. The number of carbonyl (C=O) groups is 2. The summed E-state index contributed by atoms with van der Waals surface area (Å²) in [4.78, 5) is 27.1. The highest BCUT2D eigenvalue weighted by atomic mass is 32.2. The van der Waals surface area contributed by atoms with Crippen molar-refractivity contribution in [2.75, 3.05) is 16.8 Å². The van der Waals surface area contributed by atoms with Gasteiger partial charge in [0.05, 0.1) is 10.8 Å². The van der Waals surface area contributed by atoms with Gasteiger partial charge >= 0.3 is 0 Å². The number of amides is 2. The Morgan fingerprint density at radius 2 is 1.69 bits per heavy atom. The zero-order valence-electron chi connectivity index (χ0n) is 18.2. The second-order valence-electron chi connectivity index (χ2n) is 8.66.